The molecule has 0 saturated heterocycles. The van der Waals surface area contributed by atoms with E-state index in [4.69, 9.17) is 11.6 Å². The molecule has 0 fully saturated rings. The van der Waals surface area contributed by atoms with Crippen molar-refractivity contribution in [1.82, 2.24) is 19.9 Å². The molecule has 0 amide bonds. The predicted molar refractivity (Wildman–Crippen MR) is 89.3 cm³/mol. The molecule has 25 heavy (non-hydrogen) atoms. The Balaban J connectivity index is 1.84. The summed E-state index contributed by atoms with van der Waals surface area (Å²) < 4.78 is 38.5. The van der Waals surface area contributed by atoms with Crippen LogP contribution in [0.3, 0.4) is 0 Å². The lowest BCUT2D eigenvalue weighted by Gasteiger charge is -2.04. The lowest BCUT2D eigenvalue weighted by Crippen LogP contribution is -2.04. The van der Waals surface area contributed by atoms with Crippen molar-refractivity contribution < 1.29 is 13.2 Å². The molecule has 0 saturated carbocycles. The first-order chi connectivity index (χ1) is 11.9. The fourth-order valence-electron chi connectivity index (χ4n) is 2.38. The van der Waals surface area contributed by atoms with Gasteiger partial charge < -0.3 is 4.98 Å². The zero-order valence-electron chi connectivity index (χ0n) is 12.2. The third kappa shape index (κ3) is 2.87. The molecule has 1 N–H and O–H groups in total. The number of pyridine rings is 1. The van der Waals surface area contributed by atoms with Crippen LogP contribution in [0.5, 0.6) is 0 Å². The highest BCUT2D eigenvalue weighted by molar-refractivity contribution is 7.13. The Bertz CT molecular complexity index is 1070. The van der Waals surface area contributed by atoms with Crippen molar-refractivity contribution in [2.75, 3.05) is 0 Å². The van der Waals surface area contributed by atoms with E-state index < -0.39 is 11.7 Å². The van der Waals surface area contributed by atoms with E-state index in [1.807, 2.05) is 0 Å². The van der Waals surface area contributed by atoms with Crippen molar-refractivity contribution in [3.05, 3.63) is 52.6 Å². The highest BCUT2D eigenvalue weighted by Crippen LogP contribution is 2.37. The number of hydrogen-bond donors (Lipinski definition) is 1. The van der Waals surface area contributed by atoms with E-state index in [9.17, 15) is 13.2 Å². The summed E-state index contributed by atoms with van der Waals surface area (Å²) in [6, 6.07) is 6.75. The van der Waals surface area contributed by atoms with Crippen molar-refractivity contribution in [2.45, 2.75) is 6.18 Å². The van der Waals surface area contributed by atoms with Crippen molar-refractivity contribution in [2.24, 2.45) is 0 Å². The van der Waals surface area contributed by atoms with Gasteiger partial charge in [0.05, 0.1) is 26.5 Å². The maximum atomic E-state index is 12.8. The minimum Gasteiger partial charge on any atom is -0.337 e. The molecule has 9 heteroatoms. The number of hydrogen-bond acceptors (Lipinski definition) is 4. The van der Waals surface area contributed by atoms with Crippen LogP contribution in [0.2, 0.25) is 5.02 Å². The second-order valence-corrected chi connectivity index (χ2v) is 6.33. The minimum absolute atomic E-state index is 0.205. The van der Waals surface area contributed by atoms with Gasteiger partial charge in [-0.1, -0.05) is 11.6 Å². The number of nitrogens with zero attached hydrogens (tertiary/aromatic N) is 3. The monoisotopic (exact) mass is 379 g/mol. The number of aromatic amines is 1. The van der Waals surface area contributed by atoms with Gasteiger partial charge in [0.15, 0.2) is 11.3 Å². The molecule has 4 rings (SSSR count). The van der Waals surface area contributed by atoms with E-state index in [1.54, 1.807) is 18.3 Å². The molecule has 0 atom stereocenters. The molecular weight excluding hydrogens is 373 g/mol. The number of thiazole rings is 1. The average molecular weight is 380 g/mol. The van der Waals surface area contributed by atoms with Crippen LogP contribution in [0.15, 0.2) is 36.5 Å². The van der Waals surface area contributed by atoms with E-state index >= 15 is 0 Å². The standard InChI is InChI=1S/C16H7ClF3N4S/c17-9-2-1-5-21-12(9)14-13(22-7-25-14)15-23-10-4-3-8(16(18,19)20)6-11(10)24-15/h1-6H,(H,23,24). The number of nitrogens with one attached hydrogen (secondary N) is 1. The summed E-state index contributed by atoms with van der Waals surface area (Å²) in [5.74, 6) is 0.337. The molecule has 3 heterocycles. The second kappa shape index (κ2) is 5.82. The molecule has 4 nitrogen and oxygen atoms in total. The van der Waals surface area contributed by atoms with Crippen molar-refractivity contribution in [1.29, 1.82) is 0 Å². The van der Waals surface area contributed by atoms with Crippen LogP contribution in [0.1, 0.15) is 5.56 Å². The summed E-state index contributed by atoms with van der Waals surface area (Å²) in [7, 11) is 0. The predicted octanol–water partition coefficient (Wildman–Crippen LogP) is 5.22. The van der Waals surface area contributed by atoms with Gasteiger partial charge in [-0.2, -0.15) is 13.2 Å². The van der Waals surface area contributed by atoms with Gasteiger partial charge in [0, 0.05) is 6.20 Å². The Morgan fingerprint density at radius 1 is 1.16 bits per heavy atom. The molecule has 4 aromatic rings. The summed E-state index contributed by atoms with van der Waals surface area (Å²) in [6.45, 7) is 0. The number of imidazole rings is 1. The summed E-state index contributed by atoms with van der Waals surface area (Å²) in [6.07, 6.45) is -2.83. The molecule has 0 spiro atoms. The van der Waals surface area contributed by atoms with Crippen molar-refractivity contribution >= 4 is 34.0 Å². The van der Waals surface area contributed by atoms with Gasteiger partial charge in [0.25, 0.3) is 0 Å². The van der Waals surface area contributed by atoms with Gasteiger partial charge in [-0.3, -0.25) is 4.98 Å². The smallest absolute Gasteiger partial charge is 0.337 e. The average Bonchev–Trinajstić information content (AvgIpc) is 3.20. The zero-order valence-corrected chi connectivity index (χ0v) is 13.8. The Morgan fingerprint density at radius 2 is 2.00 bits per heavy atom. The van der Waals surface area contributed by atoms with Gasteiger partial charge in [-0.15, -0.1) is 11.3 Å². The summed E-state index contributed by atoms with van der Waals surface area (Å²) >= 11 is 7.38. The first-order valence-corrected chi connectivity index (χ1v) is 8.18. The Morgan fingerprint density at radius 3 is 2.76 bits per heavy atom. The lowest BCUT2D eigenvalue weighted by molar-refractivity contribution is -0.137. The van der Waals surface area contributed by atoms with Crippen molar-refractivity contribution in [3.63, 3.8) is 0 Å². The molecule has 0 aliphatic carbocycles. The topological polar surface area (TPSA) is 54.5 Å². The van der Waals surface area contributed by atoms with E-state index in [0.29, 0.717) is 32.6 Å². The first-order valence-electron chi connectivity index (χ1n) is 6.98. The molecule has 0 aliphatic heterocycles. The van der Waals surface area contributed by atoms with E-state index in [0.717, 1.165) is 12.1 Å². The lowest BCUT2D eigenvalue weighted by atomic mass is 10.2. The van der Waals surface area contributed by atoms with Crippen LogP contribution >= 0.6 is 22.9 Å². The Hall–Kier alpha value is -2.45. The van der Waals surface area contributed by atoms with Gasteiger partial charge in [0.1, 0.15) is 11.4 Å². The highest BCUT2D eigenvalue weighted by atomic mass is 35.5. The maximum Gasteiger partial charge on any atom is 0.416 e. The Kier molecular flexibility index (Phi) is 3.73. The fraction of sp³-hybridized carbons (Fsp3) is 0.0625. The van der Waals surface area contributed by atoms with Crippen molar-refractivity contribution in [3.8, 4) is 22.1 Å². The maximum absolute atomic E-state index is 12.8. The molecule has 3 aromatic heterocycles. The quantitative estimate of drug-likeness (QED) is 0.519. The van der Waals surface area contributed by atoms with Crippen LogP contribution < -0.4 is 0 Å². The molecule has 0 aliphatic rings. The number of halogens is 4. The van der Waals surface area contributed by atoms with Crippen LogP contribution in [-0.2, 0) is 6.18 Å². The first kappa shape index (κ1) is 16.0. The number of aromatic nitrogens is 4. The highest BCUT2D eigenvalue weighted by Gasteiger charge is 2.31. The molecule has 0 unspecified atom stereocenters. The number of fused-ring (bicyclic) bond motifs is 1. The van der Waals surface area contributed by atoms with Gasteiger partial charge in [0.2, 0.25) is 0 Å². The molecular formula is C16H7ClF3N4S. The molecule has 1 radical (unpaired) electrons. The third-order valence-electron chi connectivity index (χ3n) is 3.53. The summed E-state index contributed by atoms with van der Waals surface area (Å²) in [5.41, 5.74) is 3.65. The second-order valence-electron chi connectivity index (χ2n) is 5.13. The number of rotatable bonds is 2. The van der Waals surface area contributed by atoms with E-state index in [-0.39, 0.29) is 5.52 Å². The van der Waals surface area contributed by atoms with Crippen LogP contribution in [0, 0.1) is 5.51 Å². The normalized spacial score (nSPS) is 12.0. The van der Waals surface area contributed by atoms with Crippen LogP contribution in [-0.4, -0.2) is 19.9 Å². The fourth-order valence-corrected chi connectivity index (χ4v) is 3.38. The van der Waals surface area contributed by atoms with Gasteiger partial charge in [-0.05, 0) is 30.3 Å². The molecule has 1 aromatic carbocycles. The Labute approximate surface area is 148 Å². The summed E-state index contributed by atoms with van der Waals surface area (Å²) in [5, 5.41) is 0.442. The van der Waals surface area contributed by atoms with Gasteiger partial charge >= 0.3 is 6.18 Å². The van der Waals surface area contributed by atoms with E-state index in [1.165, 1.54) is 17.4 Å². The zero-order chi connectivity index (χ0) is 17.6. The minimum atomic E-state index is -4.42. The van der Waals surface area contributed by atoms with Crippen LogP contribution in [0.25, 0.3) is 33.1 Å². The SMILES string of the molecule is FC(F)(F)c1ccc2[nH]c(-c3n[c]sc3-c3ncccc3Cl)nc2c1. The third-order valence-corrected chi connectivity index (χ3v) is 4.61. The number of benzene rings is 1. The summed E-state index contributed by atoms with van der Waals surface area (Å²) in [4.78, 5) is 16.2. The largest absolute Gasteiger partial charge is 0.416 e. The van der Waals surface area contributed by atoms with E-state index in [2.05, 4.69) is 25.4 Å². The molecule has 125 valence electrons. The van der Waals surface area contributed by atoms with Crippen LogP contribution in [0.4, 0.5) is 13.2 Å². The molecule has 0 bridgehead atoms. The van der Waals surface area contributed by atoms with Gasteiger partial charge in [-0.25, -0.2) is 9.97 Å². The number of H-pyrrole nitrogens is 1. The number of alkyl halides is 3.